The van der Waals surface area contributed by atoms with E-state index in [2.05, 4.69) is 41.7 Å². The molecule has 3 rings (SSSR count). The Morgan fingerprint density at radius 1 is 1.24 bits per heavy atom. The standard InChI is InChI=1S/C17H20N2OS/c1-19-12-14(7-10-17(19)20)18-11-15-8-9-16(21-15)13-5-3-2-4-6-13/h2-6,8-9,14,18H,7,10-12H2,1H3. The van der Waals surface area contributed by atoms with Crippen molar-refractivity contribution in [2.45, 2.75) is 25.4 Å². The number of piperidine rings is 1. The lowest BCUT2D eigenvalue weighted by atomic mass is 10.1. The SMILES string of the molecule is CN1CC(NCc2ccc(-c3ccccc3)s2)CCC1=O. The van der Waals surface area contributed by atoms with E-state index in [0.717, 1.165) is 19.5 Å². The average Bonchev–Trinajstić information content (AvgIpc) is 2.98. The van der Waals surface area contributed by atoms with Gasteiger partial charge in [0.1, 0.15) is 0 Å². The molecule has 1 aliphatic heterocycles. The fourth-order valence-corrected chi connectivity index (χ4v) is 3.62. The van der Waals surface area contributed by atoms with Crippen molar-refractivity contribution >= 4 is 17.2 Å². The van der Waals surface area contributed by atoms with Crippen molar-refractivity contribution in [3.8, 4) is 10.4 Å². The van der Waals surface area contributed by atoms with E-state index in [-0.39, 0.29) is 5.91 Å². The summed E-state index contributed by atoms with van der Waals surface area (Å²) in [5.74, 6) is 0.260. The van der Waals surface area contributed by atoms with Gasteiger partial charge in [-0.3, -0.25) is 4.79 Å². The Labute approximate surface area is 129 Å². The molecule has 0 aliphatic carbocycles. The Kier molecular flexibility index (Phi) is 4.36. The van der Waals surface area contributed by atoms with Gasteiger partial charge >= 0.3 is 0 Å². The van der Waals surface area contributed by atoms with E-state index in [9.17, 15) is 4.79 Å². The summed E-state index contributed by atoms with van der Waals surface area (Å²) < 4.78 is 0. The smallest absolute Gasteiger partial charge is 0.222 e. The van der Waals surface area contributed by atoms with E-state index >= 15 is 0 Å². The van der Waals surface area contributed by atoms with Gasteiger partial charge in [0.05, 0.1) is 0 Å². The molecule has 0 saturated carbocycles. The van der Waals surface area contributed by atoms with Crippen molar-refractivity contribution in [2.75, 3.05) is 13.6 Å². The monoisotopic (exact) mass is 300 g/mol. The van der Waals surface area contributed by atoms with Crippen molar-refractivity contribution in [1.82, 2.24) is 10.2 Å². The van der Waals surface area contributed by atoms with Gasteiger partial charge in [-0.1, -0.05) is 30.3 Å². The fourth-order valence-electron chi connectivity index (χ4n) is 2.65. The van der Waals surface area contributed by atoms with E-state index in [4.69, 9.17) is 0 Å². The normalized spacial score (nSPS) is 19.0. The Bertz CT molecular complexity index is 608. The topological polar surface area (TPSA) is 32.3 Å². The van der Waals surface area contributed by atoms with E-state index in [0.29, 0.717) is 12.5 Å². The first-order chi connectivity index (χ1) is 10.2. The summed E-state index contributed by atoms with van der Waals surface area (Å²) in [6.07, 6.45) is 1.61. The molecule has 1 atom stereocenters. The van der Waals surface area contributed by atoms with Crippen molar-refractivity contribution in [3.05, 3.63) is 47.3 Å². The van der Waals surface area contributed by atoms with Gasteiger partial charge in [0.15, 0.2) is 0 Å². The molecule has 1 aromatic carbocycles. The second kappa shape index (κ2) is 6.41. The van der Waals surface area contributed by atoms with Gasteiger partial charge in [0.25, 0.3) is 0 Å². The molecule has 110 valence electrons. The maximum absolute atomic E-state index is 11.5. The molecule has 2 aromatic rings. The highest BCUT2D eigenvalue weighted by atomic mass is 32.1. The number of likely N-dealkylation sites (tertiary alicyclic amines) is 1. The Morgan fingerprint density at radius 2 is 2.05 bits per heavy atom. The fraction of sp³-hybridized carbons (Fsp3) is 0.353. The molecule has 1 aromatic heterocycles. The highest BCUT2D eigenvalue weighted by Crippen LogP contribution is 2.27. The van der Waals surface area contributed by atoms with Crippen LogP contribution in [0.1, 0.15) is 17.7 Å². The predicted octanol–water partition coefficient (Wildman–Crippen LogP) is 3.13. The number of nitrogens with one attached hydrogen (secondary N) is 1. The van der Waals surface area contributed by atoms with Crippen LogP contribution in [0.3, 0.4) is 0 Å². The van der Waals surface area contributed by atoms with E-state index in [1.54, 1.807) is 0 Å². The Hall–Kier alpha value is -1.65. The molecule has 0 radical (unpaired) electrons. The number of carbonyl (C=O) groups excluding carboxylic acids is 1. The van der Waals surface area contributed by atoms with Gasteiger partial charge in [-0.25, -0.2) is 0 Å². The number of nitrogens with zero attached hydrogens (tertiary/aromatic N) is 1. The summed E-state index contributed by atoms with van der Waals surface area (Å²) in [4.78, 5) is 15.9. The van der Waals surface area contributed by atoms with Crippen LogP contribution < -0.4 is 5.32 Å². The van der Waals surface area contributed by atoms with Crippen molar-refractivity contribution in [1.29, 1.82) is 0 Å². The van der Waals surface area contributed by atoms with E-state index in [1.165, 1.54) is 15.3 Å². The maximum Gasteiger partial charge on any atom is 0.222 e. The van der Waals surface area contributed by atoms with Crippen molar-refractivity contribution in [3.63, 3.8) is 0 Å². The predicted molar refractivity (Wildman–Crippen MR) is 87.3 cm³/mol. The molecule has 3 nitrogen and oxygen atoms in total. The van der Waals surface area contributed by atoms with Crippen LogP contribution in [0.15, 0.2) is 42.5 Å². The third-order valence-corrected chi connectivity index (χ3v) is 5.05. The number of rotatable bonds is 4. The molecular weight excluding hydrogens is 280 g/mol. The molecule has 1 amide bonds. The van der Waals surface area contributed by atoms with Crippen LogP contribution in [0.5, 0.6) is 0 Å². The van der Waals surface area contributed by atoms with Gasteiger partial charge < -0.3 is 10.2 Å². The van der Waals surface area contributed by atoms with Crippen molar-refractivity contribution < 1.29 is 4.79 Å². The molecule has 1 unspecified atom stereocenters. The first-order valence-corrected chi connectivity index (χ1v) is 8.15. The van der Waals surface area contributed by atoms with Gasteiger partial charge in [0, 0.05) is 42.4 Å². The van der Waals surface area contributed by atoms with Crippen LogP contribution in [0.25, 0.3) is 10.4 Å². The van der Waals surface area contributed by atoms with Crippen LogP contribution >= 0.6 is 11.3 Å². The molecule has 4 heteroatoms. The zero-order valence-corrected chi connectivity index (χ0v) is 13.0. The lowest BCUT2D eigenvalue weighted by molar-refractivity contribution is -0.132. The van der Waals surface area contributed by atoms with Crippen LogP contribution in [-0.4, -0.2) is 30.4 Å². The lowest BCUT2D eigenvalue weighted by Crippen LogP contribution is -2.46. The second-order valence-corrected chi connectivity index (χ2v) is 6.69. The number of amides is 1. The van der Waals surface area contributed by atoms with Gasteiger partial charge in [0.2, 0.25) is 5.91 Å². The highest BCUT2D eigenvalue weighted by Gasteiger charge is 2.22. The Morgan fingerprint density at radius 3 is 2.81 bits per heavy atom. The van der Waals surface area contributed by atoms with Gasteiger partial charge in [-0.2, -0.15) is 0 Å². The molecule has 0 bridgehead atoms. The molecule has 1 saturated heterocycles. The first kappa shape index (κ1) is 14.3. The lowest BCUT2D eigenvalue weighted by Gasteiger charge is -2.30. The zero-order chi connectivity index (χ0) is 14.7. The van der Waals surface area contributed by atoms with E-state index in [1.807, 2.05) is 29.4 Å². The minimum absolute atomic E-state index is 0.260. The number of carbonyl (C=O) groups is 1. The minimum Gasteiger partial charge on any atom is -0.344 e. The quantitative estimate of drug-likeness (QED) is 0.941. The average molecular weight is 300 g/mol. The second-order valence-electron chi connectivity index (χ2n) is 5.52. The molecule has 1 aliphatic rings. The number of hydrogen-bond acceptors (Lipinski definition) is 3. The van der Waals surface area contributed by atoms with Crippen LogP contribution in [0.2, 0.25) is 0 Å². The molecule has 0 spiro atoms. The molecule has 2 heterocycles. The van der Waals surface area contributed by atoms with Crippen LogP contribution in [-0.2, 0) is 11.3 Å². The third kappa shape index (κ3) is 3.52. The highest BCUT2D eigenvalue weighted by molar-refractivity contribution is 7.15. The van der Waals surface area contributed by atoms with Crippen LogP contribution in [0, 0.1) is 0 Å². The number of likely N-dealkylation sites (N-methyl/N-ethyl adjacent to an activating group) is 1. The number of benzene rings is 1. The molecule has 1 N–H and O–H groups in total. The van der Waals surface area contributed by atoms with Crippen molar-refractivity contribution in [2.24, 2.45) is 0 Å². The minimum atomic E-state index is 0.260. The zero-order valence-electron chi connectivity index (χ0n) is 12.2. The van der Waals surface area contributed by atoms with E-state index < -0.39 is 0 Å². The number of hydrogen-bond donors (Lipinski definition) is 1. The summed E-state index contributed by atoms with van der Waals surface area (Å²) in [5, 5.41) is 3.57. The largest absolute Gasteiger partial charge is 0.344 e. The third-order valence-electron chi connectivity index (χ3n) is 3.91. The number of thiophene rings is 1. The summed E-state index contributed by atoms with van der Waals surface area (Å²) in [7, 11) is 1.88. The Balaban J connectivity index is 1.57. The summed E-state index contributed by atoms with van der Waals surface area (Å²) in [5.41, 5.74) is 1.27. The molecule has 1 fully saturated rings. The van der Waals surface area contributed by atoms with Gasteiger partial charge in [-0.05, 0) is 24.1 Å². The first-order valence-electron chi connectivity index (χ1n) is 7.34. The maximum atomic E-state index is 11.5. The van der Waals surface area contributed by atoms with Gasteiger partial charge in [-0.15, -0.1) is 11.3 Å². The molecular formula is C17H20N2OS. The summed E-state index contributed by atoms with van der Waals surface area (Å²) in [6, 6.07) is 15.3. The van der Waals surface area contributed by atoms with Crippen LogP contribution in [0.4, 0.5) is 0 Å². The summed E-state index contributed by atoms with van der Waals surface area (Å²) >= 11 is 1.83. The molecule has 21 heavy (non-hydrogen) atoms. The summed E-state index contributed by atoms with van der Waals surface area (Å²) in [6.45, 7) is 1.69.